The van der Waals surface area contributed by atoms with Crippen molar-refractivity contribution < 1.29 is 63.0 Å². The van der Waals surface area contributed by atoms with Gasteiger partial charge in [-0.05, 0) is 50.5 Å². The van der Waals surface area contributed by atoms with E-state index in [1.807, 2.05) is 0 Å². The summed E-state index contributed by atoms with van der Waals surface area (Å²) in [7, 11) is 1.40. The number of ether oxygens (including phenoxy) is 4. The second kappa shape index (κ2) is 17.1. The number of carbonyl (C=O) groups excluding carboxylic acids is 6. The number of aromatic hydroxyl groups is 1. The fourth-order valence-electron chi connectivity index (χ4n) is 8.37. The molecule has 2 aromatic rings. The minimum atomic E-state index is -2.12. The molecule has 2 aliphatic carbocycles. The summed E-state index contributed by atoms with van der Waals surface area (Å²) in [5, 5.41) is 39.8. The van der Waals surface area contributed by atoms with E-state index in [2.05, 4.69) is 15.6 Å². The molecule has 10 atom stereocenters. The summed E-state index contributed by atoms with van der Waals surface area (Å²) in [6.07, 6.45) is 1.70. The number of phenols is 1. The number of esters is 1. The Bertz CT molecular complexity index is 2210. The lowest BCUT2D eigenvalue weighted by Crippen LogP contribution is -2.46. The van der Waals surface area contributed by atoms with Crippen LogP contribution in [-0.2, 0) is 35.0 Å². The third kappa shape index (κ3) is 8.10. The number of rotatable bonds is 6. The van der Waals surface area contributed by atoms with Crippen LogP contribution in [0.2, 0.25) is 0 Å². The molecule has 16 heteroatoms. The molecule has 0 saturated heterocycles. The molecule has 0 unspecified atom stereocenters. The fraction of sp³-hybridized carbons (Fsp3) is 0.477. The fourth-order valence-corrected chi connectivity index (χ4v) is 8.37. The van der Waals surface area contributed by atoms with Crippen molar-refractivity contribution >= 4 is 35.0 Å². The number of phenolic OH excluding ortho intramolecular Hbond substituents is 1. The van der Waals surface area contributed by atoms with Crippen molar-refractivity contribution in [3.63, 3.8) is 0 Å². The molecule has 5 N–H and O–H groups in total. The van der Waals surface area contributed by atoms with Gasteiger partial charge in [0, 0.05) is 80.6 Å². The predicted molar refractivity (Wildman–Crippen MR) is 212 cm³/mol. The first-order valence-corrected chi connectivity index (χ1v) is 19.9. The lowest BCUT2D eigenvalue weighted by Gasteiger charge is -2.37. The minimum absolute atomic E-state index is 0.0467. The van der Waals surface area contributed by atoms with E-state index in [-0.39, 0.29) is 47.5 Å². The van der Waals surface area contributed by atoms with Crippen molar-refractivity contribution in [2.45, 2.75) is 91.5 Å². The number of benzene rings is 1. The van der Waals surface area contributed by atoms with Crippen LogP contribution < -0.4 is 15.4 Å². The zero-order chi connectivity index (χ0) is 44.0. The number of Topliss-reactive ketones (excluding diaryl/α,β-unsaturated/α-hetero) is 3. The lowest BCUT2D eigenvalue weighted by atomic mass is 9.79. The summed E-state index contributed by atoms with van der Waals surface area (Å²) in [6.45, 7) is 10.3. The number of nitrogens with zero attached hydrogens (tertiary/aromatic N) is 1. The quantitative estimate of drug-likeness (QED) is 0.263. The number of amides is 1. The van der Waals surface area contributed by atoms with Gasteiger partial charge in [-0.2, -0.15) is 0 Å². The highest BCUT2D eigenvalue weighted by atomic mass is 16.7. The highest BCUT2D eigenvalue weighted by Crippen LogP contribution is 2.49. The summed E-state index contributed by atoms with van der Waals surface area (Å²) >= 11 is 0. The van der Waals surface area contributed by atoms with Gasteiger partial charge in [0.15, 0.2) is 5.78 Å². The van der Waals surface area contributed by atoms with E-state index >= 15 is 0 Å². The molecular weight excluding hydrogens is 778 g/mol. The summed E-state index contributed by atoms with van der Waals surface area (Å²) < 4.78 is 23.4. The Morgan fingerprint density at radius 1 is 1.00 bits per heavy atom. The summed E-state index contributed by atoms with van der Waals surface area (Å²) in [5.41, 5.74) is -1.70. The molecule has 1 saturated carbocycles. The zero-order valence-corrected chi connectivity index (χ0v) is 34.7. The maximum absolute atomic E-state index is 14.6. The molecule has 320 valence electrons. The van der Waals surface area contributed by atoms with Crippen molar-refractivity contribution in [2.24, 2.45) is 29.6 Å². The molecule has 5 aliphatic rings. The van der Waals surface area contributed by atoms with Gasteiger partial charge in [-0.15, -0.1) is 0 Å². The smallest absolute Gasteiger partial charge is 0.312 e. The Balaban J connectivity index is 1.45. The van der Waals surface area contributed by atoms with E-state index in [0.29, 0.717) is 5.69 Å². The molecular formula is C44H51N3O13. The number of ketones is 4. The second-order valence-corrected chi connectivity index (χ2v) is 16.2. The van der Waals surface area contributed by atoms with Crippen LogP contribution in [0.15, 0.2) is 59.8 Å². The highest BCUT2D eigenvalue weighted by molar-refractivity contribution is 6.32. The molecule has 1 fully saturated rings. The van der Waals surface area contributed by atoms with Crippen LogP contribution in [0, 0.1) is 36.5 Å². The molecule has 3 aliphatic heterocycles. The number of methoxy groups -OCH3 is 1. The predicted octanol–water partition coefficient (Wildman–Crippen LogP) is 3.20. The Morgan fingerprint density at radius 3 is 2.37 bits per heavy atom. The Hall–Kier alpha value is -5.71. The van der Waals surface area contributed by atoms with Gasteiger partial charge in [0.25, 0.3) is 11.7 Å². The number of nitrogens with one attached hydrogen (secondary N) is 2. The van der Waals surface area contributed by atoms with Crippen LogP contribution in [0.3, 0.4) is 0 Å². The Morgan fingerprint density at radius 2 is 1.72 bits per heavy atom. The first kappa shape index (κ1) is 43.9. The number of allylic oxidation sites excluding steroid dienone is 3. The van der Waals surface area contributed by atoms with E-state index in [4.69, 9.17) is 18.9 Å². The number of pyridine rings is 1. The number of hydrogen-bond donors (Lipinski definition) is 5. The van der Waals surface area contributed by atoms with Crippen LogP contribution >= 0.6 is 0 Å². The van der Waals surface area contributed by atoms with Crippen molar-refractivity contribution in [1.82, 2.24) is 15.6 Å². The molecule has 60 heavy (non-hydrogen) atoms. The molecule has 0 spiro atoms. The largest absolute Gasteiger partial charge is 0.507 e. The van der Waals surface area contributed by atoms with Gasteiger partial charge in [-0.3, -0.25) is 33.8 Å². The van der Waals surface area contributed by atoms with Crippen LogP contribution in [0.25, 0.3) is 0 Å². The third-order valence-corrected chi connectivity index (χ3v) is 12.1. The van der Waals surface area contributed by atoms with Gasteiger partial charge in [-0.1, -0.05) is 26.8 Å². The molecule has 1 aromatic carbocycles. The molecule has 7 rings (SSSR count). The van der Waals surface area contributed by atoms with E-state index in [1.54, 1.807) is 45.2 Å². The van der Waals surface area contributed by atoms with Crippen molar-refractivity contribution in [3.05, 3.63) is 87.7 Å². The number of carbonyl (C=O) groups is 6. The van der Waals surface area contributed by atoms with Gasteiger partial charge < -0.3 is 44.9 Å². The number of aliphatic hydroxyl groups excluding tert-OH is 2. The molecule has 1 amide bonds. The van der Waals surface area contributed by atoms with E-state index in [1.165, 1.54) is 40.9 Å². The summed E-state index contributed by atoms with van der Waals surface area (Å²) in [4.78, 5) is 87.2. The molecule has 16 nitrogen and oxygen atoms in total. The average Bonchev–Trinajstić information content (AvgIpc) is 3.98. The maximum Gasteiger partial charge on any atom is 0.312 e. The number of fused-ring (bicyclic) bond motifs is 12. The minimum Gasteiger partial charge on any atom is -0.507 e. The zero-order valence-electron chi connectivity index (χ0n) is 34.7. The number of hydrogen-bond acceptors (Lipinski definition) is 15. The van der Waals surface area contributed by atoms with Crippen LogP contribution in [-0.4, -0.2) is 99.2 Å². The molecule has 0 radical (unpaired) electrons. The van der Waals surface area contributed by atoms with Crippen molar-refractivity contribution in [3.8, 4) is 11.5 Å². The monoisotopic (exact) mass is 829 g/mol. The third-order valence-electron chi connectivity index (χ3n) is 12.1. The highest BCUT2D eigenvalue weighted by Gasteiger charge is 2.53. The second-order valence-electron chi connectivity index (χ2n) is 16.2. The molecule has 1 aromatic heterocycles. The SMILES string of the molecule is CO[C@H]1/C=C/O[C@@]2(C)Oc3c(C)c(O)c4c(c3C2=O)C(=O)C(NCCc2ccccn2)=C(NC(=O)/C(C)=C\C(=O)[C@@H]2C[C@@H]2[C@H](O)[C@@H](C)[C@@H](O)[C@@H](C)[C@H](OC(C)=O)[C@@H]1C)C4=O. The van der Waals surface area contributed by atoms with Crippen molar-refractivity contribution in [1.29, 1.82) is 0 Å². The van der Waals surface area contributed by atoms with Crippen LogP contribution in [0.1, 0.15) is 90.3 Å². The standard InChI is InChI=1S/C44H51N3O13/c1-19-17-28(49)26-18-27(26)36(51)21(3)35(50)22(4)40(59-24(6)48)20(2)29(57-8)13-16-58-44(7)42(55)32-30-31(37(52)23(5)41(32)60-44)39(54)34(47-43(19)56)33(38(30)53)46-15-12-25-11-9-10-14-45-25/h9-11,13-14,16-17,20-22,26-27,29,35-36,40,46,50-52H,12,15,18H2,1-8H3,(H,47,56)/b16-13+,19-17-/t20-,21+,22-,26-,27+,29+,35-,36-,40-,44+/m1/s1. The Labute approximate surface area is 347 Å². The van der Waals surface area contributed by atoms with Gasteiger partial charge in [0.05, 0.1) is 41.3 Å². The normalized spacial score (nSPS) is 32.3. The summed E-state index contributed by atoms with van der Waals surface area (Å²) in [5.74, 6) is -11.1. The Kier molecular flexibility index (Phi) is 12.5. The van der Waals surface area contributed by atoms with Gasteiger partial charge in [0.2, 0.25) is 11.6 Å². The lowest BCUT2D eigenvalue weighted by molar-refractivity contribution is -0.160. The van der Waals surface area contributed by atoms with Gasteiger partial charge >= 0.3 is 11.8 Å². The van der Waals surface area contributed by atoms with E-state index in [0.717, 1.165) is 12.3 Å². The average molecular weight is 830 g/mol. The van der Waals surface area contributed by atoms with E-state index < -0.39 is 117 Å². The summed E-state index contributed by atoms with van der Waals surface area (Å²) in [6, 6.07) is 5.28. The van der Waals surface area contributed by atoms with Gasteiger partial charge in [0.1, 0.15) is 29.0 Å². The van der Waals surface area contributed by atoms with Gasteiger partial charge in [-0.25, -0.2) is 0 Å². The molecule has 5 bridgehead atoms. The maximum atomic E-state index is 14.6. The first-order valence-electron chi connectivity index (χ1n) is 19.9. The van der Waals surface area contributed by atoms with Crippen LogP contribution in [0.5, 0.6) is 11.5 Å². The topological polar surface area (TPSA) is 237 Å². The van der Waals surface area contributed by atoms with E-state index in [9.17, 15) is 44.1 Å². The first-order chi connectivity index (χ1) is 28.3. The number of aromatic nitrogens is 1. The van der Waals surface area contributed by atoms with Crippen LogP contribution in [0.4, 0.5) is 0 Å². The molecule has 4 heterocycles. The van der Waals surface area contributed by atoms with Crippen molar-refractivity contribution in [2.75, 3.05) is 13.7 Å². The number of aliphatic hydroxyl groups is 2.